The first-order chi connectivity index (χ1) is 9.88. The summed E-state index contributed by atoms with van der Waals surface area (Å²) < 4.78 is 4.56. The molecule has 1 atom stereocenters. The summed E-state index contributed by atoms with van der Waals surface area (Å²) in [7, 11) is 0. The maximum atomic E-state index is 11.6. The number of ether oxygens (including phenoxy) is 1. The molecule has 0 aliphatic heterocycles. The third-order valence-corrected chi connectivity index (χ3v) is 2.55. The fourth-order valence-corrected chi connectivity index (χ4v) is 1.48. The smallest absolute Gasteiger partial charge is 0.346 e. The van der Waals surface area contributed by atoms with Crippen LogP contribution >= 0.6 is 0 Å². The van der Waals surface area contributed by atoms with E-state index in [0.29, 0.717) is 0 Å². The van der Waals surface area contributed by atoms with Crippen molar-refractivity contribution < 1.29 is 24.2 Å². The average molecular weight is 291 g/mol. The molecule has 1 aromatic carbocycles. The van der Waals surface area contributed by atoms with Gasteiger partial charge in [-0.05, 0) is 18.6 Å². The van der Waals surface area contributed by atoms with Crippen LogP contribution in [0.15, 0.2) is 30.3 Å². The van der Waals surface area contributed by atoms with Crippen LogP contribution < -0.4 is 5.32 Å². The summed E-state index contributed by atoms with van der Waals surface area (Å²) in [5.74, 6) is -2.49. The van der Waals surface area contributed by atoms with E-state index in [4.69, 9.17) is 5.11 Å². The van der Waals surface area contributed by atoms with Gasteiger partial charge < -0.3 is 15.2 Å². The minimum atomic E-state index is -1.39. The Hall–Kier alpha value is -2.63. The molecule has 21 heavy (non-hydrogen) atoms. The molecule has 0 aliphatic rings. The lowest BCUT2D eigenvalue weighted by Gasteiger charge is -2.12. The number of carbonyl (C=O) groups is 3. The Morgan fingerprint density at radius 3 is 2.43 bits per heavy atom. The molecule has 0 saturated carbocycles. The van der Waals surface area contributed by atoms with Crippen LogP contribution in [0.25, 0.3) is 6.08 Å². The van der Waals surface area contributed by atoms with Gasteiger partial charge in [-0.1, -0.05) is 29.8 Å². The van der Waals surface area contributed by atoms with E-state index in [0.717, 1.165) is 18.1 Å². The number of hydrogen-bond donors (Lipinski definition) is 2. The lowest BCUT2D eigenvalue weighted by Crippen LogP contribution is -2.38. The van der Waals surface area contributed by atoms with Crippen molar-refractivity contribution in [2.75, 3.05) is 6.54 Å². The maximum absolute atomic E-state index is 11.6. The van der Waals surface area contributed by atoms with Crippen molar-refractivity contribution in [2.45, 2.75) is 20.0 Å². The van der Waals surface area contributed by atoms with E-state index >= 15 is 0 Å². The van der Waals surface area contributed by atoms with Crippen molar-refractivity contribution in [1.82, 2.24) is 5.32 Å². The van der Waals surface area contributed by atoms with Crippen LogP contribution in [0.5, 0.6) is 0 Å². The quantitative estimate of drug-likeness (QED) is 0.605. The highest BCUT2D eigenvalue weighted by atomic mass is 16.6. The number of carbonyl (C=O) groups excluding carboxylic acids is 2. The van der Waals surface area contributed by atoms with Gasteiger partial charge in [0.05, 0.1) is 6.54 Å². The zero-order valence-electron chi connectivity index (χ0n) is 11.8. The fourth-order valence-electron chi connectivity index (χ4n) is 1.48. The molecular weight excluding hydrogens is 274 g/mol. The summed E-state index contributed by atoms with van der Waals surface area (Å²) >= 11 is 0. The van der Waals surface area contributed by atoms with Crippen LogP contribution in [0.2, 0.25) is 0 Å². The van der Waals surface area contributed by atoms with E-state index in [1.165, 1.54) is 6.08 Å². The first kappa shape index (κ1) is 16.4. The van der Waals surface area contributed by atoms with Gasteiger partial charge in [-0.2, -0.15) is 0 Å². The van der Waals surface area contributed by atoms with Gasteiger partial charge in [-0.25, -0.2) is 4.79 Å². The number of aliphatic carboxylic acids is 1. The van der Waals surface area contributed by atoms with Crippen molar-refractivity contribution in [3.05, 3.63) is 41.5 Å². The van der Waals surface area contributed by atoms with Crippen LogP contribution in [-0.4, -0.2) is 35.6 Å². The first-order valence-electron chi connectivity index (χ1n) is 6.31. The number of aryl methyl sites for hydroxylation is 1. The molecule has 0 radical (unpaired) electrons. The summed E-state index contributed by atoms with van der Waals surface area (Å²) in [5, 5.41) is 11.2. The fraction of sp³-hybridized carbons (Fsp3) is 0.267. The van der Waals surface area contributed by atoms with Gasteiger partial charge in [0.25, 0.3) is 0 Å². The van der Waals surface area contributed by atoms with E-state index < -0.39 is 23.9 Å². The Morgan fingerprint density at radius 2 is 1.90 bits per heavy atom. The zero-order valence-corrected chi connectivity index (χ0v) is 11.8. The van der Waals surface area contributed by atoms with Gasteiger partial charge in [-0.3, -0.25) is 9.59 Å². The standard InChI is InChI=1S/C15H17NO5/c1-10-3-5-12(6-4-10)7-8-14(18)16-9-13(15(19)20)21-11(2)17/h3-8,13H,9H2,1-2H3,(H,16,18)(H,19,20)/b8-7+/t13-/m0/s1. The first-order valence-corrected chi connectivity index (χ1v) is 6.31. The van der Waals surface area contributed by atoms with Crippen LogP contribution in [0, 0.1) is 6.92 Å². The molecule has 6 nitrogen and oxygen atoms in total. The van der Waals surface area contributed by atoms with Gasteiger partial charge in [0.2, 0.25) is 12.0 Å². The molecule has 6 heteroatoms. The van der Waals surface area contributed by atoms with Crippen molar-refractivity contribution in [3.63, 3.8) is 0 Å². The van der Waals surface area contributed by atoms with E-state index in [9.17, 15) is 14.4 Å². The molecule has 0 heterocycles. The average Bonchev–Trinajstić information content (AvgIpc) is 2.42. The van der Waals surface area contributed by atoms with Crippen molar-refractivity contribution in [2.24, 2.45) is 0 Å². The van der Waals surface area contributed by atoms with Gasteiger partial charge >= 0.3 is 11.9 Å². The number of nitrogens with one attached hydrogen (secondary N) is 1. The molecule has 1 amide bonds. The molecule has 0 spiro atoms. The van der Waals surface area contributed by atoms with Crippen molar-refractivity contribution in [1.29, 1.82) is 0 Å². The second-order valence-corrected chi connectivity index (χ2v) is 4.43. The highest BCUT2D eigenvalue weighted by Crippen LogP contribution is 2.04. The number of carboxylic acid groups (broad SMARTS) is 1. The predicted octanol–water partition coefficient (Wildman–Crippen LogP) is 1.14. The Balaban J connectivity index is 2.50. The third kappa shape index (κ3) is 6.38. The molecular formula is C15H17NO5. The number of rotatable bonds is 6. The Kier molecular flexibility index (Phi) is 6.13. The molecule has 0 aliphatic carbocycles. The largest absolute Gasteiger partial charge is 0.478 e. The molecule has 0 aromatic heterocycles. The third-order valence-electron chi connectivity index (χ3n) is 2.55. The lowest BCUT2D eigenvalue weighted by atomic mass is 10.1. The highest BCUT2D eigenvalue weighted by molar-refractivity contribution is 5.92. The Labute approximate surface area is 122 Å². The van der Waals surface area contributed by atoms with Crippen LogP contribution in [-0.2, 0) is 19.1 Å². The normalized spacial score (nSPS) is 11.9. The van der Waals surface area contributed by atoms with Crippen molar-refractivity contribution >= 4 is 23.9 Å². The Bertz CT molecular complexity index is 548. The SMILES string of the molecule is CC(=O)O[C@@H](CNC(=O)/C=C/c1ccc(C)cc1)C(=O)O. The minimum Gasteiger partial charge on any atom is -0.478 e. The molecule has 1 rings (SSSR count). The van der Waals surface area contributed by atoms with Gasteiger partial charge in [0.15, 0.2) is 0 Å². The number of carboxylic acids is 1. The second kappa shape index (κ2) is 7.84. The number of hydrogen-bond acceptors (Lipinski definition) is 4. The monoisotopic (exact) mass is 291 g/mol. The minimum absolute atomic E-state index is 0.286. The van der Waals surface area contributed by atoms with Crippen LogP contribution in [0.4, 0.5) is 0 Å². The van der Waals surface area contributed by atoms with E-state index in [-0.39, 0.29) is 6.54 Å². The van der Waals surface area contributed by atoms with E-state index in [1.807, 2.05) is 31.2 Å². The predicted molar refractivity (Wildman–Crippen MR) is 76.4 cm³/mol. The molecule has 0 unspecified atom stereocenters. The summed E-state index contributed by atoms with van der Waals surface area (Å²) in [6.07, 6.45) is 1.51. The number of amides is 1. The molecule has 2 N–H and O–H groups in total. The lowest BCUT2D eigenvalue weighted by molar-refractivity contribution is -0.162. The molecule has 0 saturated heterocycles. The summed E-state index contributed by atoms with van der Waals surface area (Å²) in [4.78, 5) is 33.1. The Morgan fingerprint density at radius 1 is 1.29 bits per heavy atom. The maximum Gasteiger partial charge on any atom is 0.346 e. The van der Waals surface area contributed by atoms with E-state index in [2.05, 4.69) is 10.1 Å². The van der Waals surface area contributed by atoms with Gasteiger partial charge in [-0.15, -0.1) is 0 Å². The number of esters is 1. The summed E-state index contributed by atoms with van der Waals surface area (Å²) in [6.45, 7) is 2.78. The second-order valence-electron chi connectivity index (χ2n) is 4.43. The van der Waals surface area contributed by atoms with Crippen molar-refractivity contribution in [3.8, 4) is 0 Å². The van der Waals surface area contributed by atoms with Gasteiger partial charge in [0.1, 0.15) is 0 Å². The molecule has 0 fully saturated rings. The molecule has 1 aromatic rings. The van der Waals surface area contributed by atoms with Gasteiger partial charge in [0, 0.05) is 13.0 Å². The topological polar surface area (TPSA) is 92.7 Å². The van der Waals surface area contributed by atoms with Crippen LogP contribution in [0.1, 0.15) is 18.1 Å². The highest BCUT2D eigenvalue weighted by Gasteiger charge is 2.20. The van der Waals surface area contributed by atoms with Crippen LogP contribution in [0.3, 0.4) is 0 Å². The molecule has 112 valence electrons. The zero-order chi connectivity index (χ0) is 15.8. The number of benzene rings is 1. The van der Waals surface area contributed by atoms with E-state index in [1.54, 1.807) is 6.08 Å². The summed E-state index contributed by atoms with van der Waals surface area (Å²) in [5.41, 5.74) is 1.97. The molecule has 0 bridgehead atoms. The summed E-state index contributed by atoms with van der Waals surface area (Å²) in [6, 6.07) is 7.55.